The molecule has 0 atom stereocenters. The van der Waals surface area contributed by atoms with E-state index in [9.17, 15) is 31.1 Å². The fourth-order valence-corrected chi connectivity index (χ4v) is 4.49. The first-order valence-corrected chi connectivity index (χ1v) is 12.8. The summed E-state index contributed by atoms with van der Waals surface area (Å²) in [5.41, 5.74) is -0.419. The van der Waals surface area contributed by atoms with Crippen molar-refractivity contribution in [2.45, 2.75) is 63.8 Å². The number of nitrogens with zero attached hydrogens (tertiary/aromatic N) is 5. The first kappa shape index (κ1) is 27.7. The van der Waals surface area contributed by atoms with E-state index in [1.807, 2.05) is 26.0 Å². The Kier molecular flexibility index (Phi) is 7.09. The number of amides is 1. The molecule has 1 saturated carbocycles. The van der Waals surface area contributed by atoms with Gasteiger partial charge in [0.05, 0.1) is 11.9 Å². The van der Waals surface area contributed by atoms with E-state index < -0.39 is 29.6 Å². The van der Waals surface area contributed by atoms with Crippen LogP contribution in [-0.2, 0) is 18.9 Å². The highest BCUT2D eigenvalue weighted by molar-refractivity contribution is 5.99. The molecule has 1 aromatic carbocycles. The molecule has 5 rings (SSSR count). The van der Waals surface area contributed by atoms with Gasteiger partial charge in [0.25, 0.3) is 5.91 Å². The number of fused-ring (bicyclic) bond motifs is 1. The Bertz CT molecular complexity index is 1530. The third-order valence-corrected chi connectivity index (χ3v) is 6.81. The molecular formula is C27H26F6N6O. The van der Waals surface area contributed by atoms with E-state index in [1.165, 1.54) is 4.68 Å². The summed E-state index contributed by atoms with van der Waals surface area (Å²) < 4.78 is 83.0. The first-order valence-electron chi connectivity index (χ1n) is 12.8. The number of halogens is 6. The number of alkyl halides is 6. The van der Waals surface area contributed by atoms with Crippen LogP contribution >= 0.6 is 0 Å². The van der Waals surface area contributed by atoms with Gasteiger partial charge in [-0.05, 0) is 42.9 Å². The van der Waals surface area contributed by atoms with E-state index >= 15 is 0 Å². The van der Waals surface area contributed by atoms with Crippen LogP contribution in [-0.4, -0.2) is 36.8 Å². The lowest BCUT2D eigenvalue weighted by molar-refractivity contribution is -0.143. The molecular weight excluding hydrogens is 538 g/mol. The maximum absolute atomic E-state index is 13.9. The zero-order chi connectivity index (χ0) is 28.8. The van der Waals surface area contributed by atoms with Crippen molar-refractivity contribution < 1.29 is 31.1 Å². The van der Waals surface area contributed by atoms with Crippen LogP contribution in [0.1, 0.15) is 77.9 Å². The molecule has 3 aromatic heterocycles. The second-order valence-electron chi connectivity index (χ2n) is 10.2. The molecule has 0 bridgehead atoms. The Balaban J connectivity index is 1.35. The minimum atomic E-state index is -4.76. The minimum Gasteiger partial charge on any atom is -0.352 e. The predicted octanol–water partition coefficient (Wildman–Crippen LogP) is 6.45. The van der Waals surface area contributed by atoms with Gasteiger partial charge in [0, 0.05) is 30.3 Å². The summed E-state index contributed by atoms with van der Waals surface area (Å²) in [7, 11) is 0. The van der Waals surface area contributed by atoms with Crippen molar-refractivity contribution in [2.24, 2.45) is 0 Å². The van der Waals surface area contributed by atoms with Crippen LogP contribution in [0.5, 0.6) is 0 Å². The summed E-state index contributed by atoms with van der Waals surface area (Å²) in [5, 5.41) is 10.1. The number of nitrogens with one attached hydrogen (secondary N) is 1. The number of aromatic nitrogens is 5. The van der Waals surface area contributed by atoms with E-state index in [-0.39, 0.29) is 48.3 Å². The van der Waals surface area contributed by atoms with Crippen LogP contribution in [0.15, 0.2) is 42.6 Å². The molecule has 0 spiro atoms. The van der Waals surface area contributed by atoms with Crippen molar-refractivity contribution in [3.63, 3.8) is 0 Å². The number of carbonyl (C=O) groups excluding carboxylic acids is 1. The molecule has 1 N–H and O–H groups in total. The van der Waals surface area contributed by atoms with E-state index in [2.05, 4.69) is 20.5 Å². The highest BCUT2D eigenvalue weighted by atomic mass is 19.4. The number of carbonyl (C=O) groups is 1. The molecule has 1 aliphatic carbocycles. The number of hydrogen-bond acceptors (Lipinski definition) is 4. The molecule has 1 fully saturated rings. The third kappa shape index (κ3) is 5.68. The molecule has 7 nitrogen and oxygen atoms in total. The smallest absolute Gasteiger partial charge is 0.352 e. The van der Waals surface area contributed by atoms with E-state index in [0.29, 0.717) is 15.8 Å². The summed E-state index contributed by atoms with van der Waals surface area (Å²) >= 11 is 0. The Labute approximate surface area is 225 Å². The third-order valence-electron chi connectivity index (χ3n) is 6.81. The molecule has 0 radical (unpaired) electrons. The maximum atomic E-state index is 13.9. The van der Waals surface area contributed by atoms with Crippen molar-refractivity contribution in [3.8, 4) is 11.3 Å². The summed E-state index contributed by atoms with van der Waals surface area (Å²) in [5.74, 6) is -0.413. The molecule has 0 saturated heterocycles. The predicted molar refractivity (Wildman–Crippen MR) is 134 cm³/mol. The lowest BCUT2D eigenvalue weighted by atomic mass is 10.0. The summed E-state index contributed by atoms with van der Waals surface area (Å²) in [6.45, 7) is 4.20. The fraction of sp³-hybridized carbons (Fsp3) is 0.407. The van der Waals surface area contributed by atoms with Gasteiger partial charge in [0.1, 0.15) is 5.56 Å². The molecule has 1 amide bonds. The van der Waals surface area contributed by atoms with Gasteiger partial charge in [0.15, 0.2) is 17.0 Å². The molecule has 3 heterocycles. The van der Waals surface area contributed by atoms with Crippen LogP contribution in [0.25, 0.3) is 16.9 Å². The topological polar surface area (TPSA) is 77.1 Å². The summed E-state index contributed by atoms with van der Waals surface area (Å²) in [6.07, 6.45) is -6.43. The van der Waals surface area contributed by atoms with Crippen molar-refractivity contribution in [1.82, 2.24) is 29.7 Å². The molecule has 13 heteroatoms. The Morgan fingerprint density at radius 1 is 1.05 bits per heavy atom. The van der Waals surface area contributed by atoms with E-state index in [1.54, 1.807) is 12.1 Å². The van der Waals surface area contributed by atoms with Crippen molar-refractivity contribution in [3.05, 3.63) is 70.8 Å². The summed E-state index contributed by atoms with van der Waals surface area (Å²) in [6, 6.07) is 8.94. The van der Waals surface area contributed by atoms with Gasteiger partial charge < -0.3 is 5.32 Å². The highest BCUT2D eigenvalue weighted by Crippen LogP contribution is 2.42. The van der Waals surface area contributed by atoms with Crippen LogP contribution in [0.2, 0.25) is 0 Å². The van der Waals surface area contributed by atoms with E-state index in [0.717, 1.165) is 36.7 Å². The van der Waals surface area contributed by atoms with Gasteiger partial charge in [-0.3, -0.25) is 9.48 Å². The SMILES string of the molecule is CC(C)c1ccc(-c2cc(C(F)(F)F)n3ncc(C(=O)NCCCn4nc(C(F)(F)F)cc4C4CC4)c3n2)cc1. The first-order chi connectivity index (χ1) is 18.8. The van der Waals surface area contributed by atoms with Gasteiger partial charge in [-0.2, -0.15) is 36.5 Å². The van der Waals surface area contributed by atoms with Crippen LogP contribution in [0.3, 0.4) is 0 Å². The number of rotatable bonds is 8. The average Bonchev–Trinajstić information content (AvgIpc) is 3.48. The molecule has 0 unspecified atom stereocenters. The van der Waals surface area contributed by atoms with Crippen LogP contribution in [0, 0.1) is 0 Å². The molecule has 4 aromatic rings. The Morgan fingerprint density at radius 3 is 2.35 bits per heavy atom. The number of hydrogen-bond donors (Lipinski definition) is 1. The second kappa shape index (κ2) is 10.3. The zero-order valence-corrected chi connectivity index (χ0v) is 21.6. The van der Waals surface area contributed by atoms with Crippen LogP contribution in [0.4, 0.5) is 26.3 Å². The zero-order valence-electron chi connectivity index (χ0n) is 21.6. The lowest BCUT2D eigenvalue weighted by Gasteiger charge is -2.12. The molecule has 1 aliphatic rings. The largest absolute Gasteiger partial charge is 0.435 e. The Morgan fingerprint density at radius 2 is 1.75 bits per heavy atom. The lowest BCUT2D eigenvalue weighted by Crippen LogP contribution is -2.26. The van der Waals surface area contributed by atoms with Gasteiger partial charge >= 0.3 is 12.4 Å². The van der Waals surface area contributed by atoms with Gasteiger partial charge in [0.2, 0.25) is 0 Å². The van der Waals surface area contributed by atoms with Gasteiger partial charge in [-0.25, -0.2) is 9.50 Å². The van der Waals surface area contributed by atoms with Crippen molar-refractivity contribution in [1.29, 1.82) is 0 Å². The standard InChI is InChI=1S/C27H26F6N6O/c1-15(2)16-4-6-17(7-5-16)20-12-23(27(31,32)33)39-24(36-20)19(14-35-39)25(40)34-10-3-11-38-21(18-8-9-18)13-22(37-38)26(28,29)30/h4-7,12-15,18H,3,8-11H2,1-2H3,(H,34,40). The fourth-order valence-electron chi connectivity index (χ4n) is 4.49. The number of aryl methyl sites for hydroxylation is 1. The number of benzene rings is 1. The van der Waals surface area contributed by atoms with Gasteiger partial charge in [-0.1, -0.05) is 38.1 Å². The van der Waals surface area contributed by atoms with Crippen molar-refractivity contribution >= 4 is 11.6 Å². The normalized spacial score (nSPS) is 14.3. The van der Waals surface area contributed by atoms with Gasteiger partial charge in [-0.15, -0.1) is 0 Å². The maximum Gasteiger partial charge on any atom is 0.435 e. The Hall–Kier alpha value is -3.90. The molecule has 40 heavy (non-hydrogen) atoms. The highest BCUT2D eigenvalue weighted by Gasteiger charge is 2.38. The molecule has 0 aliphatic heterocycles. The van der Waals surface area contributed by atoms with E-state index in [4.69, 9.17) is 0 Å². The molecule has 212 valence electrons. The quantitative estimate of drug-likeness (QED) is 0.197. The minimum absolute atomic E-state index is 0.0384. The van der Waals surface area contributed by atoms with Crippen molar-refractivity contribution in [2.75, 3.05) is 6.54 Å². The average molecular weight is 565 g/mol. The summed E-state index contributed by atoms with van der Waals surface area (Å²) in [4.78, 5) is 17.3. The monoisotopic (exact) mass is 564 g/mol. The second-order valence-corrected chi connectivity index (χ2v) is 10.2. The van der Waals surface area contributed by atoms with Crippen LogP contribution < -0.4 is 5.32 Å².